The number of hydrogen-bond acceptors (Lipinski definition) is 3. The number of nitrogens with zero attached hydrogens (tertiary/aromatic N) is 4. The van der Waals surface area contributed by atoms with Crippen LogP contribution in [0.3, 0.4) is 0 Å². The van der Waals surface area contributed by atoms with Crippen molar-refractivity contribution in [2.24, 2.45) is 5.92 Å². The van der Waals surface area contributed by atoms with Crippen LogP contribution in [-0.4, -0.2) is 38.7 Å². The van der Waals surface area contributed by atoms with Gasteiger partial charge in [0.1, 0.15) is 11.6 Å². The second-order valence-corrected chi connectivity index (χ2v) is 7.07. The molecule has 0 saturated carbocycles. The first-order valence-electron chi connectivity index (χ1n) is 9.06. The molecule has 0 fully saturated rings. The molecule has 5 nitrogen and oxygen atoms in total. The highest BCUT2D eigenvalue weighted by Crippen LogP contribution is 2.27. The van der Waals surface area contributed by atoms with E-state index in [1.54, 1.807) is 0 Å². The number of fused-ring (bicyclic) bond motifs is 1. The lowest BCUT2D eigenvalue weighted by molar-refractivity contribution is -0.136. The fourth-order valence-corrected chi connectivity index (χ4v) is 3.94. The Balaban J connectivity index is 1.44. The molecule has 4 rings (SSSR count). The van der Waals surface area contributed by atoms with Gasteiger partial charge >= 0.3 is 0 Å². The van der Waals surface area contributed by atoms with E-state index in [0.717, 1.165) is 37.5 Å². The van der Waals surface area contributed by atoms with Crippen LogP contribution >= 0.6 is 0 Å². The molecule has 25 heavy (non-hydrogen) atoms. The molecular weight excluding hydrogens is 312 g/mol. The Hall–Kier alpha value is -2.43. The molecular formula is C20H24N4O. The van der Waals surface area contributed by atoms with Gasteiger partial charge in [-0.15, -0.1) is 0 Å². The molecule has 0 bridgehead atoms. The van der Waals surface area contributed by atoms with E-state index < -0.39 is 0 Å². The van der Waals surface area contributed by atoms with E-state index in [4.69, 9.17) is 0 Å². The Labute approximate surface area is 148 Å². The zero-order valence-electron chi connectivity index (χ0n) is 14.9. The predicted molar refractivity (Wildman–Crippen MR) is 96.9 cm³/mol. The summed E-state index contributed by atoms with van der Waals surface area (Å²) in [5.41, 5.74) is 3.98. The Bertz CT molecular complexity index is 836. The summed E-state index contributed by atoms with van der Waals surface area (Å²) in [5, 5.41) is 4.41. The first-order valence-corrected chi connectivity index (χ1v) is 9.06. The Morgan fingerprint density at radius 1 is 1.20 bits per heavy atom. The average Bonchev–Trinajstić information content (AvgIpc) is 3.01. The van der Waals surface area contributed by atoms with Crippen molar-refractivity contribution in [1.82, 2.24) is 19.7 Å². The van der Waals surface area contributed by atoms with E-state index in [-0.39, 0.29) is 11.8 Å². The van der Waals surface area contributed by atoms with Gasteiger partial charge in [-0.25, -0.2) is 9.67 Å². The number of rotatable bonds is 2. The first-order chi connectivity index (χ1) is 12.1. The summed E-state index contributed by atoms with van der Waals surface area (Å²) >= 11 is 0. The molecule has 1 amide bonds. The minimum atomic E-state index is 0.0296. The van der Waals surface area contributed by atoms with E-state index in [9.17, 15) is 4.79 Å². The van der Waals surface area contributed by atoms with Crippen LogP contribution in [0.5, 0.6) is 0 Å². The number of aromatic nitrogens is 3. The normalized spacial score (nSPS) is 20.2. The number of aryl methyl sites for hydroxylation is 3. The monoisotopic (exact) mass is 336 g/mol. The first kappa shape index (κ1) is 16.1. The van der Waals surface area contributed by atoms with Crippen molar-refractivity contribution in [2.45, 2.75) is 39.7 Å². The zero-order valence-corrected chi connectivity index (χ0v) is 14.9. The summed E-state index contributed by atoms with van der Waals surface area (Å²) in [6, 6.07) is 8.48. The van der Waals surface area contributed by atoms with Gasteiger partial charge in [0.15, 0.2) is 0 Å². The van der Waals surface area contributed by atoms with Crippen molar-refractivity contribution in [3.8, 4) is 0 Å². The van der Waals surface area contributed by atoms with Crippen molar-refractivity contribution in [3.05, 3.63) is 53.1 Å². The van der Waals surface area contributed by atoms with Crippen molar-refractivity contribution in [1.29, 1.82) is 0 Å². The molecule has 3 heterocycles. The van der Waals surface area contributed by atoms with E-state index in [2.05, 4.69) is 47.3 Å². The summed E-state index contributed by atoms with van der Waals surface area (Å²) in [6.45, 7) is 6.24. The van der Waals surface area contributed by atoms with Gasteiger partial charge in [0.25, 0.3) is 0 Å². The maximum absolute atomic E-state index is 12.9. The predicted octanol–water partition coefficient (Wildman–Crippen LogP) is 2.77. The van der Waals surface area contributed by atoms with Gasteiger partial charge in [0, 0.05) is 19.5 Å². The SMILES string of the molecule is Cc1nc2n(n1)CC(C(=O)N1CC=C(c3ccccc3C)CC1)CC2. The summed E-state index contributed by atoms with van der Waals surface area (Å²) < 4.78 is 1.92. The van der Waals surface area contributed by atoms with Crippen molar-refractivity contribution in [2.75, 3.05) is 13.1 Å². The highest BCUT2D eigenvalue weighted by Gasteiger charge is 2.30. The second-order valence-electron chi connectivity index (χ2n) is 7.07. The maximum Gasteiger partial charge on any atom is 0.227 e. The van der Waals surface area contributed by atoms with Gasteiger partial charge in [-0.2, -0.15) is 5.10 Å². The molecule has 1 unspecified atom stereocenters. The standard InChI is InChI=1S/C20H24N4O/c1-14-5-3-4-6-18(14)16-9-11-23(12-10-16)20(25)17-7-8-19-21-15(2)22-24(19)13-17/h3-6,9,17H,7-8,10-13H2,1-2H3. The van der Waals surface area contributed by atoms with Crippen LogP contribution in [0.2, 0.25) is 0 Å². The van der Waals surface area contributed by atoms with Crippen LogP contribution < -0.4 is 0 Å². The number of hydrogen-bond donors (Lipinski definition) is 0. The highest BCUT2D eigenvalue weighted by atomic mass is 16.2. The summed E-state index contributed by atoms with van der Waals surface area (Å²) in [5.74, 6) is 2.11. The molecule has 0 saturated heterocycles. The lowest BCUT2D eigenvalue weighted by Crippen LogP contribution is -2.42. The third-order valence-electron chi connectivity index (χ3n) is 5.33. The van der Waals surface area contributed by atoms with Gasteiger partial charge < -0.3 is 4.90 Å². The molecule has 0 N–H and O–H groups in total. The molecule has 2 aliphatic heterocycles. The lowest BCUT2D eigenvalue weighted by atomic mass is 9.94. The molecule has 1 aromatic carbocycles. The van der Waals surface area contributed by atoms with Gasteiger partial charge in [0.2, 0.25) is 5.91 Å². The molecule has 2 aliphatic rings. The van der Waals surface area contributed by atoms with Crippen LogP contribution in [0.4, 0.5) is 0 Å². The summed E-state index contributed by atoms with van der Waals surface area (Å²) in [6.07, 6.45) is 4.87. The van der Waals surface area contributed by atoms with Gasteiger partial charge in [-0.3, -0.25) is 4.79 Å². The van der Waals surface area contributed by atoms with E-state index in [0.29, 0.717) is 13.1 Å². The fourth-order valence-electron chi connectivity index (χ4n) is 3.94. The molecule has 0 spiro atoms. The van der Waals surface area contributed by atoms with E-state index in [1.165, 1.54) is 16.7 Å². The number of benzene rings is 1. The van der Waals surface area contributed by atoms with Crippen LogP contribution in [-0.2, 0) is 17.8 Å². The van der Waals surface area contributed by atoms with Crippen LogP contribution in [0.25, 0.3) is 5.57 Å². The minimum Gasteiger partial charge on any atom is -0.338 e. The lowest BCUT2D eigenvalue weighted by Gasteiger charge is -2.32. The van der Waals surface area contributed by atoms with E-state index in [1.807, 2.05) is 16.5 Å². The Kier molecular flexibility index (Phi) is 4.15. The van der Waals surface area contributed by atoms with Crippen molar-refractivity contribution >= 4 is 11.5 Å². The summed E-state index contributed by atoms with van der Waals surface area (Å²) in [7, 11) is 0. The topological polar surface area (TPSA) is 51.0 Å². The number of amides is 1. The average molecular weight is 336 g/mol. The maximum atomic E-state index is 12.9. The minimum absolute atomic E-state index is 0.0296. The fraction of sp³-hybridized carbons (Fsp3) is 0.450. The summed E-state index contributed by atoms with van der Waals surface area (Å²) in [4.78, 5) is 19.3. The third-order valence-corrected chi connectivity index (χ3v) is 5.33. The Morgan fingerprint density at radius 2 is 2.04 bits per heavy atom. The molecule has 2 aromatic rings. The van der Waals surface area contributed by atoms with E-state index >= 15 is 0 Å². The number of carbonyl (C=O) groups is 1. The van der Waals surface area contributed by atoms with Gasteiger partial charge in [-0.05, 0) is 43.4 Å². The largest absolute Gasteiger partial charge is 0.338 e. The molecule has 1 atom stereocenters. The van der Waals surface area contributed by atoms with Gasteiger partial charge in [-0.1, -0.05) is 30.3 Å². The quantitative estimate of drug-likeness (QED) is 0.847. The van der Waals surface area contributed by atoms with Crippen LogP contribution in [0.1, 0.15) is 35.6 Å². The molecule has 5 heteroatoms. The molecule has 1 aromatic heterocycles. The Morgan fingerprint density at radius 3 is 2.80 bits per heavy atom. The molecule has 0 radical (unpaired) electrons. The zero-order chi connectivity index (χ0) is 17.4. The molecule has 0 aliphatic carbocycles. The van der Waals surface area contributed by atoms with Crippen LogP contribution in [0, 0.1) is 19.8 Å². The number of carbonyl (C=O) groups excluding carboxylic acids is 1. The molecule has 130 valence electrons. The third kappa shape index (κ3) is 3.11. The highest BCUT2D eigenvalue weighted by molar-refractivity contribution is 5.80. The van der Waals surface area contributed by atoms with Gasteiger partial charge in [0.05, 0.1) is 12.5 Å². The smallest absolute Gasteiger partial charge is 0.227 e. The van der Waals surface area contributed by atoms with Crippen LogP contribution in [0.15, 0.2) is 30.3 Å². The van der Waals surface area contributed by atoms with Crippen molar-refractivity contribution in [3.63, 3.8) is 0 Å². The van der Waals surface area contributed by atoms with Crippen molar-refractivity contribution < 1.29 is 4.79 Å². The second kappa shape index (κ2) is 6.47.